The van der Waals surface area contributed by atoms with E-state index < -0.39 is 23.8 Å². The molecule has 0 fully saturated rings. The van der Waals surface area contributed by atoms with Gasteiger partial charge in [0.25, 0.3) is 0 Å². The largest absolute Gasteiger partial charge is 0.467 e. The zero-order chi connectivity index (χ0) is 14.1. The molecular formula is C11H17N3O4. The van der Waals surface area contributed by atoms with E-state index in [4.69, 9.17) is 5.26 Å². The van der Waals surface area contributed by atoms with E-state index >= 15 is 0 Å². The van der Waals surface area contributed by atoms with Gasteiger partial charge in [-0.3, -0.25) is 9.59 Å². The van der Waals surface area contributed by atoms with Crippen molar-refractivity contribution in [3.8, 4) is 6.07 Å². The summed E-state index contributed by atoms with van der Waals surface area (Å²) in [4.78, 5) is 34.0. The van der Waals surface area contributed by atoms with Crippen LogP contribution in [0.5, 0.6) is 0 Å². The van der Waals surface area contributed by atoms with Crippen LogP contribution in [0.15, 0.2) is 0 Å². The van der Waals surface area contributed by atoms with E-state index in [9.17, 15) is 14.4 Å². The van der Waals surface area contributed by atoms with Crippen molar-refractivity contribution in [2.75, 3.05) is 13.7 Å². The molecule has 2 amide bonds. The summed E-state index contributed by atoms with van der Waals surface area (Å²) < 4.78 is 4.54. The summed E-state index contributed by atoms with van der Waals surface area (Å²) in [7, 11) is 1.21. The molecule has 1 unspecified atom stereocenters. The van der Waals surface area contributed by atoms with E-state index in [-0.39, 0.29) is 12.5 Å². The highest BCUT2D eigenvalue weighted by atomic mass is 16.5. The SMILES string of the molecule is COC(=O)C(CC(C)C)NC(=O)C(=O)NCC#N. The molecule has 7 nitrogen and oxygen atoms in total. The highest BCUT2D eigenvalue weighted by molar-refractivity contribution is 6.35. The van der Waals surface area contributed by atoms with Gasteiger partial charge in [0.05, 0.1) is 13.2 Å². The molecule has 100 valence electrons. The van der Waals surface area contributed by atoms with Crippen LogP contribution < -0.4 is 10.6 Å². The number of rotatable bonds is 5. The Labute approximate surface area is 105 Å². The first-order valence-electron chi connectivity index (χ1n) is 5.45. The molecule has 0 aromatic carbocycles. The first-order chi connectivity index (χ1) is 8.42. The van der Waals surface area contributed by atoms with Crippen molar-refractivity contribution >= 4 is 17.8 Å². The van der Waals surface area contributed by atoms with Crippen LogP contribution in [0.25, 0.3) is 0 Å². The Bertz CT molecular complexity index is 360. The minimum absolute atomic E-state index is 0.150. The number of nitriles is 1. The lowest BCUT2D eigenvalue weighted by atomic mass is 10.0. The van der Waals surface area contributed by atoms with Gasteiger partial charge in [0.15, 0.2) is 0 Å². The summed E-state index contributed by atoms with van der Waals surface area (Å²) in [6.07, 6.45) is 0.365. The minimum atomic E-state index is -0.957. The van der Waals surface area contributed by atoms with Gasteiger partial charge in [-0.2, -0.15) is 5.26 Å². The predicted octanol–water partition coefficient (Wildman–Crippen LogP) is -0.670. The third-order valence-corrected chi connectivity index (χ3v) is 2.03. The average molecular weight is 255 g/mol. The quantitative estimate of drug-likeness (QED) is 0.385. The highest BCUT2D eigenvalue weighted by Gasteiger charge is 2.25. The van der Waals surface area contributed by atoms with Crippen LogP contribution in [0.1, 0.15) is 20.3 Å². The highest BCUT2D eigenvalue weighted by Crippen LogP contribution is 2.06. The number of nitrogens with zero attached hydrogens (tertiary/aromatic N) is 1. The Balaban J connectivity index is 4.48. The number of esters is 1. The van der Waals surface area contributed by atoms with Crippen molar-refractivity contribution in [3.63, 3.8) is 0 Å². The summed E-state index contributed by atoms with van der Waals surface area (Å²) >= 11 is 0. The number of nitrogens with one attached hydrogen (secondary N) is 2. The molecule has 0 saturated carbocycles. The Kier molecular flexibility index (Phi) is 7.12. The van der Waals surface area contributed by atoms with Crippen molar-refractivity contribution < 1.29 is 19.1 Å². The van der Waals surface area contributed by atoms with Gasteiger partial charge in [-0.1, -0.05) is 13.8 Å². The first-order valence-corrected chi connectivity index (χ1v) is 5.45. The number of hydrogen-bond acceptors (Lipinski definition) is 5. The summed E-state index contributed by atoms with van der Waals surface area (Å²) in [5.41, 5.74) is 0. The van der Waals surface area contributed by atoms with E-state index in [0.29, 0.717) is 6.42 Å². The molecule has 0 rings (SSSR count). The van der Waals surface area contributed by atoms with E-state index in [1.165, 1.54) is 7.11 Å². The van der Waals surface area contributed by atoms with Crippen molar-refractivity contribution in [3.05, 3.63) is 0 Å². The second kappa shape index (κ2) is 8.06. The maximum Gasteiger partial charge on any atom is 0.328 e. The molecule has 0 aromatic heterocycles. The van der Waals surface area contributed by atoms with Crippen LogP contribution in [0.3, 0.4) is 0 Å². The number of carbonyl (C=O) groups excluding carboxylic acids is 3. The lowest BCUT2D eigenvalue weighted by Gasteiger charge is -2.17. The fourth-order valence-corrected chi connectivity index (χ4v) is 1.25. The van der Waals surface area contributed by atoms with Crippen LogP contribution in [0, 0.1) is 17.2 Å². The smallest absolute Gasteiger partial charge is 0.328 e. The van der Waals surface area contributed by atoms with Gasteiger partial charge in [0.2, 0.25) is 0 Å². The second-order valence-electron chi connectivity index (χ2n) is 4.02. The third kappa shape index (κ3) is 5.84. The van der Waals surface area contributed by atoms with Crippen LogP contribution in [-0.2, 0) is 19.1 Å². The maximum atomic E-state index is 11.4. The molecule has 0 bridgehead atoms. The molecule has 0 aliphatic rings. The van der Waals surface area contributed by atoms with E-state index in [1.807, 2.05) is 13.8 Å². The lowest BCUT2D eigenvalue weighted by Crippen LogP contribution is -2.48. The maximum absolute atomic E-state index is 11.4. The third-order valence-electron chi connectivity index (χ3n) is 2.03. The monoisotopic (exact) mass is 255 g/mol. The standard InChI is InChI=1S/C11H17N3O4/c1-7(2)6-8(11(17)18-3)14-10(16)9(15)13-5-4-12/h7-8H,5-6H2,1-3H3,(H,13,15)(H,14,16). The van der Waals surface area contributed by atoms with Gasteiger partial charge in [0.1, 0.15) is 12.6 Å². The van der Waals surface area contributed by atoms with E-state index in [0.717, 1.165) is 0 Å². The molecule has 7 heteroatoms. The number of hydrogen-bond donors (Lipinski definition) is 2. The van der Waals surface area contributed by atoms with Gasteiger partial charge >= 0.3 is 17.8 Å². The molecule has 0 heterocycles. The predicted molar refractivity (Wildman–Crippen MR) is 62.0 cm³/mol. The topological polar surface area (TPSA) is 108 Å². The molecule has 0 saturated heterocycles. The second-order valence-corrected chi connectivity index (χ2v) is 4.02. The number of amides is 2. The number of methoxy groups -OCH3 is 1. The number of carbonyl (C=O) groups is 3. The number of ether oxygens (including phenoxy) is 1. The van der Waals surface area contributed by atoms with Gasteiger partial charge in [-0.05, 0) is 12.3 Å². The van der Waals surface area contributed by atoms with Crippen molar-refractivity contribution in [1.29, 1.82) is 5.26 Å². The molecule has 0 aliphatic carbocycles. The van der Waals surface area contributed by atoms with E-state index in [1.54, 1.807) is 6.07 Å². The summed E-state index contributed by atoms with van der Waals surface area (Å²) in [5.74, 6) is -2.36. The average Bonchev–Trinajstić information content (AvgIpc) is 2.33. The van der Waals surface area contributed by atoms with Crippen LogP contribution in [0.2, 0.25) is 0 Å². The Morgan fingerprint density at radius 1 is 1.28 bits per heavy atom. The van der Waals surface area contributed by atoms with Crippen molar-refractivity contribution in [1.82, 2.24) is 10.6 Å². The normalized spacial score (nSPS) is 11.3. The van der Waals surface area contributed by atoms with Gasteiger partial charge in [0, 0.05) is 0 Å². The molecule has 0 radical (unpaired) electrons. The van der Waals surface area contributed by atoms with Crippen LogP contribution >= 0.6 is 0 Å². The molecule has 0 aromatic rings. The Morgan fingerprint density at radius 2 is 1.89 bits per heavy atom. The van der Waals surface area contributed by atoms with Gasteiger partial charge in [-0.15, -0.1) is 0 Å². The fourth-order valence-electron chi connectivity index (χ4n) is 1.25. The summed E-state index contributed by atoms with van der Waals surface area (Å²) in [6.45, 7) is 3.48. The molecule has 0 aliphatic heterocycles. The molecule has 0 spiro atoms. The van der Waals surface area contributed by atoms with Crippen molar-refractivity contribution in [2.24, 2.45) is 5.92 Å². The zero-order valence-electron chi connectivity index (χ0n) is 10.6. The summed E-state index contributed by atoms with van der Waals surface area (Å²) in [5, 5.41) is 12.6. The Hall–Kier alpha value is -2.10. The molecule has 18 heavy (non-hydrogen) atoms. The fraction of sp³-hybridized carbons (Fsp3) is 0.636. The van der Waals surface area contributed by atoms with Crippen LogP contribution in [0.4, 0.5) is 0 Å². The minimum Gasteiger partial charge on any atom is -0.467 e. The van der Waals surface area contributed by atoms with Gasteiger partial charge in [-0.25, -0.2) is 4.79 Å². The summed E-state index contributed by atoms with van der Waals surface area (Å²) in [6, 6.07) is 0.804. The molecule has 1 atom stereocenters. The molecular weight excluding hydrogens is 238 g/mol. The van der Waals surface area contributed by atoms with E-state index in [2.05, 4.69) is 15.4 Å². The lowest BCUT2D eigenvalue weighted by molar-refractivity contribution is -0.147. The zero-order valence-corrected chi connectivity index (χ0v) is 10.6. The first kappa shape index (κ1) is 15.9. The molecule has 2 N–H and O–H groups in total. The van der Waals surface area contributed by atoms with Gasteiger partial charge < -0.3 is 15.4 Å². The van der Waals surface area contributed by atoms with Crippen LogP contribution in [-0.4, -0.2) is 37.5 Å². The Morgan fingerprint density at radius 3 is 2.33 bits per heavy atom. The van der Waals surface area contributed by atoms with Crippen molar-refractivity contribution in [2.45, 2.75) is 26.3 Å².